The number of pyridine rings is 1. The van der Waals surface area contributed by atoms with Gasteiger partial charge in [-0.3, -0.25) is 9.69 Å². The molecule has 1 aliphatic carbocycles. The third-order valence-electron chi connectivity index (χ3n) is 5.68. The molecule has 0 radical (unpaired) electrons. The highest BCUT2D eigenvalue weighted by Gasteiger charge is 2.38. The predicted octanol–water partition coefficient (Wildman–Crippen LogP) is 1.60. The van der Waals surface area contributed by atoms with Crippen molar-refractivity contribution < 1.29 is 4.79 Å². The first-order valence-electron chi connectivity index (χ1n) is 9.00. The second kappa shape index (κ2) is 6.48. The summed E-state index contributed by atoms with van der Waals surface area (Å²) in [5, 5.41) is 0. The van der Waals surface area contributed by atoms with Crippen LogP contribution >= 0.6 is 0 Å². The molecule has 5 heteroatoms. The summed E-state index contributed by atoms with van der Waals surface area (Å²) in [4.78, 5) is 23.8. The lowest BCUT2D eigenvalue weighted by molar-refractivity contribution is -0.143. The lowest BCUT2D eigenvalue weighted by Gasteiger charge is -2.48. The maximum absolute atomic E-state index is 12.4. The highest BCUT2D eigenvalue weighted by atomic mass is 16.2. The smallest absolute Gasteiger partial charge is 0.225 e. The summed E-state index contributed by atoms with van der Waals surface area (Å²) in [6, 6.07) is 6.67. The van der Waals surface area contributed by atoms with Crippen molar-refractivity contribution in [2.24, 2.45) is 5.92 Å². The molecule has 3 aliphatic rings. The number of piperazine rings is 1. The zero-order valence-electron chi connectivity index (χ0n) is 13.7. The Morgan fingerprint density at radius 1 is 1.04 bits per heavy atom. The summed E-state index contributed by atoms with van der Waals surface area (Å²) in [6.07, 6.45) is 6.57. The molecular weight excluding hydrogens is 288 g/mol. The molecule has 4 rings (SSSR count). The maximum atomic E-state index is 12.4. The van der Waals surface area contributed by atoms with Gasteiger partial charge in [0.2, 0.25) is 5.91 Å². The Hall–Kier alpha value is -1.62. The topological polar surface area (TPSA) is 39.7 Å². The quantitative estimate of drug-likeness (QED) is 0.850. The number of aromatic nitrogens is 1. The molecule has 23 heavy (non-hydrogen) atoms. The molecule has 1 aromatic heterocycles. The van der Waals surface area contributed by atoms with Gasteiger partial charge < -0.3 is 9.80 Å². The van der Waals surface area contributed by atoms with Gasteiger partial charge in [0.25, 0.3) is 0 Å². The Morgan fingerprint density at radius 3 is 2.43 bits per heavy atom. The molecule has 0 aromatic carbocycles. The largest absolute Gasteiger partial charge is 0.354 e. The van der Waals surface area contributed by atoms with Gasteiger partial charge in [-0.1, -0.05) is 18.9 Å². The molecule has 0 N–H and O–H groups in total. The number of likely N-dealkylation sites (tertiary alicyclic amines) is 1. The molecule has 1 amide bonds. The van der Waals surface area contributed by atoms with Gasteiger partial charge in [-0.05, 0) is 25.0 Å². The zero-order valence-corrected chi connectivity index (χ0v) is 13.7. The SMILES string of the molecule is O=C(C1CCCC1)N1CC(N2CCN(c3ccccn3)CC2)C1. The van der Waals surface area contributed by atoms with Crippen molar-refractivity contribution in [3.05, 3.63) is 24.4 Å². The second-order valence-electron chi connectivity index (χ2n) is 7.09. The van der Waals surface area contributed by atoms with Crippen molar-refractivity contribution >= 4 is 11.7 Å². The van der Waals surface area contributed by atoms with Crippen molar-refractivity contribution in [3.8, 4) is 0 Å². The molecule has 5 nitrogen and oxygen atoms in total. The van der Waals surface area contributed by atoms with E-state index in [-0.39, 0.29) is 0 Å². The van der Waals surface area contributed by atoms with Crippen LogP contribution < -0.4 is 4.90 Å². The van der Waals surface area contributed by atoms with E-state index in [4.69, 9.17) is 0 Å². The second-order valence-corrected chi connectivity index (χ2v) is 7.09. The minimum absolute atomic E-state index is 0.331. The maximum Gasteiger partial charge on any atom is 0.225 e. The van der Waals surface area contributed by atoms with Crippen LogP contribution in [0, 0.1) is 5.92 Å². The van der Waals surface area contributed by atoms with Gasteiger partial charge in [0.1, 0.15) is 5.82 Å². The number of amides is 1. The molecule has 2 aliphatic heterocycles. The van der Waals surface area contributed by atoms with Crippen LogP contribution in [-0.2, 0) is 4.79 Å². The van der Waals surface area contributed by atoms with Crippen molar-refractivity contribution in [1.82, 2.24) is 14.8 Å². The van der Waals surface area contributed by atoms with Crippen molar-refractivity contribution in [2.45, 2.75) is 31.7 Å². The van der Waals surface area contributed by atoms with Crippen LogP contribution in [0.15, 0.2) is 24.4 Å². The lowest BCUT2D eigenvalue weighted by Crippen LogP contribution is -2.64. The van der Waals surface area contributed by atoms with E-state index < -0.39 is 0 Å². The van der Waals surface area contributed by atoms with Crippen molar-refractivity contribution in [1.29, 1.82) is 0 Å². The monoisotopic (exact) mass is 314 g/mol. The first-order chi connectivity index (χ1) is 11.3. The normalized spacial score (nSPS) is 24.0. The van der Waals surface area contributed by atoms with E-state index in [0.29, 0.717) is 17.9 Å². The minimum atomic E-state index is 0.331. The minimum Gasteiger partial charge on any atom is -0.354 e. The number of hydrogen-bond donors (Lipinski definition) is 0. The summed E-state index contributed by atoms with van der Waals surface area (Å²) in [5.41, 5.74) is 0. The van der Waals surface area contributed by atoms with E-state index in [1.54, 1.807) is 0 Å². The summed E-state index contributed by atoms with van der Waals surface area (Å²) in [5.74, 6) is 1.83. The van der Waals surface area contributed by atoms with E-state index in [2.05, 4.69) is 25.8 Å². The number of nitrogens with zero attached hydrogens (tertiary/aromatic N) is 4. The van der Waals surface area contributed by atoms with Gasteiger partial charge in [0.15, 0.2) is 0 Å². The number of carbonyl (C=O) groups excluding carboxylic acids is 1. The summed E-state index contributed by atoms with van der Waals surface area (Å²) in [6.45, 7) is 6.10. The highest BCUT2D eigenvalue weighted by Crippen LogP contribution is 2.29. The van der Waals surface area contributed by atoms with Gasteiger partial charge >= 0.3 is 0 Å². The van der Waals surface area contributed by atoms with Crippen LogP contribution in [0.1, 0.15) is 25.7 Å². The molecule has 0 bridgehead atoms. The number of anilines is 1. The van der Waals surface area contributed by atoms with Crippen LogP contribution in [-0.4, -0.2) is 66.0 Å². The summed E-state index contributed by atoms with van der Waals surface area (Å²) in [7, 11) is 0. The van der Waals surface area contributed by atoms with E-state index in [1.165, 1.54) is 12.8 Å². The Bertz CT molecular complexity index is 529. The van der Waals surface area contributed by atoms with E-state index in [9.17, 15) is 4.79 Å². The molecule has 0 unspecified atom stereocenters. The Labute approximate surface area is 138 Å². The number of rotatable bonds is 3. The fourth-order valence-corrected chi connectivity index (χ4v) is 4.15. The number of carbonyl (C=O) groups is 1. The number of hydrogen-bond acceptors (Lipinski definition) is 4. The van der Waals surface area contributed by atoms with Crippen molar-refractivity contribution in [2.75, 3.05) is 44.2 Å². The molecule has 0 spiro atoms. The van der Waals surface area contributed by atoms with E-state index in [1.807, 2.05) is 18.3 Å². The fourth-order valence-electron chi connectivity index (χ4n) is 4.15. The van der Waals surface area contributed by atoms with Crippen LogP contribution in [0.3, 0.4) is 0 Å². The van der Waals surface area contributed by atoms with E-state index >= 15 is 0 Å². The Morgan fingerprint density at radius 2 is 1.78 bits per heavy atom. The Kier molecular flexibility index (Phi) is 4.21. The third-order valence-corrected chi connectivity index (χ3v) is 5.68. The Balaban J connectivity index is 1.24. The first-order valence-corrected chi connectivity index (χ1v) is 9.00. The first kappa shape index (κ1) is 14.9. The van der Waals surface area contributed by atoms with E-state index in [0.717, 1.165) is 57.9 Å². The fraction of sp³-hybridized carbons (Fsp3) is 0.667. The molecule has 0 atom stereocenters. The van der Waals surface area contributed by atoms with Gasteiger partial charge in [0.05, 0.1) is 0 Å². The average molecular weight is 314 g/mol. The zero-order chi connectivity index (χ0) is 15.6. The van der Waals surface area contributed by atoms with Crippen LogP contribution in [0.2, 0.25) is 0 Å². The standard InChI is InChI=1S/C18H26N4O/c23-18(15-5-1-2-6-15)22-13-16(14-22)20-9-11-21(12-10-20)17-7-3-4-8-19-17/h3-4,7-8,15-16H,1-2,5-6,9-14H2. The van der Waals surface area contributed by atoms with Crippen LogP contribution in [0.4, 0.5) is 5.82 Å². The average Bonchev–Trinajstić information content (AvgIpc) is 3.09. The van der Waals surface area contributed by atoms with Crippen LogP contribution in [0.25, 0.3) is 0 Å². The third kappa shape index (κ3) is 3.07. The molecule has 124 valence electrons. The lowest BCUT2D eigenvalue weighted by atomic mass is 10.0. The van der Waals surface area contributed by atoms with Gasteiger partial charge in [-0.25, -0.2) is 4.98 Å². The summed E-state index contributed by atoms with van der Waals surface area (Å²) < 4.78 is 0. The molecule has 2 saturated heterocycles. The molecule has 3 fully saturated rings. The highest BCUT2D eigenvalue weighted by molar-refractivity contribution is 5.80. The van der Waals surface area contributed by atoms with Gasteiger partial charge in [-0.2, -0.15) is 0 Å². The van der Waals surface area contributed by atoms with Crippen LogP contribution in [0.5, 0.6) is 0 Å². The molecule has 1 aromatic rings. The van der Waals surface area contributed by atoms with Gasteiger partial charge in [0, 0.05) is 57.4 Å². The molecular formula is C18H26N4O. The van der Waals surface area contributed by atoms with Gasteiger partial charge in [-0.15, -0.1) is 0 Å². The molecule has 3 heterocycles. The van der Waals surface area contributed by atoms with Crippen molar-refractivity contribution in [3.63, 3.8) is 0 Å². The predicted molar refractivity (Wildman–Crippen MR) is 90.3 cm³/mol. The molecule has 1 saturated carbocycles. The summed E-state index contributed by atoms with van der Waals surface area (Å²) >= 11 is 0.